The Morgan fingerprint density at radius 1 is 1.33 bits per heavy atom. The van der Waals surface area contributed by atoms with Crippen molar-refractivity contribution in [1.82, 2.24) is 5.32 Å². The SMILES string of the molecule is CCC1CCCC1NCCc1ccc(F)cc1C. The van der Waals surface area contributed by atoms with Gasteiger partial charge in [-0.25, -0.2) is 4.39 Å². The van der Waals surface area contributed by atoms with E-state index in [2.05, 4.69) is 12.2 Å². The van der Waals surface area contributed by atoms with Crippen molar-refractivity contribution in [1.29, 1.82) is 0 Å². The number of halogens is 1. The number of aryl methyl sites for hydroxylation is 1. The lowest BCUT2D eigenvalue weighted by Gasteiger charge is -2.19. The van der Waals surface area contributed by atoms with Crippen molar-refractivity contribution in [2.45, 2.75) is 52.0 Å². The molecule has 1 aromatic rings. The largest absolute Gasteiger partial charge is 0.313 e. The molecule has 1 fully saturated rings. The quantitative estimate of drug-likeness (QED) is 0.836. The van der Waals surface area contributed by atoms with Gasteiger partial charge in [0.2, 0.25) is 0 Å². The predicted molar refractivity (Wildman–Crippen MR) is 74.3 cm³/mol. The van der Waals surface area contributed by atoms with Crippen LogP contribution in [-0.4, -0.2) is 12.6 Å². The summed E-state index contributed by atoms with van der Waals surface area (Å²) >= 11 is 0. The second kappa shape index (κ2) is 6.33. The van der Waals surface area contributed by atoms with Gasteiger partial charge < -0.3 is 5.32 Å². The zero-order chi connectivity index (χ0) is 13.0. The number of nitrogens with one attached hydrogen (secondary N) is 1. The highest BCUT2D eigenvalue weighted by Crippen LogP contribution is 2.27. The van der Waals surface area contributed by atoms with Crippen LogP contribution in [0.25, 0.3) is 0 Å². The van der Waals surface area contributed by atoms with Gasteiger partial charge in [0, 0.05) is 6.04 Å². The minimum Gasteiger partial charge on any atom is -0.313 e. The lowest BCUT2D eigenvalue weighted by Crippen LogP contribution is -2.33. The second-order valence-electron chi connectivity index (χ2n) is 5.48. The zero-order valence-electron chi connectivity index (χ0n) is 11.5. The molecule has 1 aromatic carbocycles. The molecule has 2 heteroatoms. The fourth-order valence-corrected chi connectivity index (χ4v) is 3.13. The van der Waals surface area contributed by atoms with Gasteiger partial charge in [0.1, 0.15) is 5.82 Å². The Bertz CT molecular complexity index is 389. The molecule has 0 radical (unpaired) electrons. The Balaban J connectivity index is 1.81. The van der Waals surface area contributed by atoms with E-state index in [1.54, 1.807) is 12.1 Å². The number of rotatable bonds is 5. The molecule has 1 N–H and O–H groups in total. The number of hydrogen-bond donors (Lipinski definition) is 1. The third kappa shape index (κ3) is 3.32. The standard InChI is InChI=1S/C16H24FN/c1-3-13-5-4-6-16(13)18-10-9-14-7-8-15(17)11-12(14)2/h7-8,11,13,16,18H,3-6,9-10H2,1-2H3. The van der Waals surface area contributed by atoms with Gasteiger partial charge in [-0.3, -0.25) is 0 Å². The van der Waals surface area contributed by atoms with Crippen LogP contribution in [0.1, 0.15) is 43.7 Å². The maximum absolute atomic E-state index is 13.0. The fraction of sp³-hybridized carbons (Fsp3) is 0.625. The van der Waals surface area contributed by atoms with Crippen LogP contribution >= 0.6 is 0 Å². The van der Waals surface area contributed by atoms with Crippen LogP contribution in [0.3, 0.4) is 0 Å². The minimum absolute atomic E-state index is 0.133. The van der Waals surface area contributed by atoms with Crippen molar-refractivity contribution < 1.29 is 4.39 Å². The summed E-state index contributed by atoms with van der Waals surface area (Å²) < 4.78 is 13.0. The molecule has 2 rings (SSSR count). The summed E-state index contributed by atoms with van der Waals surface area (Å²) in [4.78, 5) is 0. The molecule has 0 heterocycles. The maximum Gasteiger partial charge on any atom is 0.123 e. The Morgan fingerprint density at radius 3 is 2.89 bits per heavy atom. The van der Waals surface area contributed by atoms with Crippen molar-refractivity contribution in [3.63, 3.8) is 0 Å². The Labute approximate surface area is 110 Å². The summed E-state index contributed by atoms with van der Waals surface area (Å²) in [5.74, 6) is 0.727. The van der Waals surface area contributed by atoms with Gasteiger partial charge in [0.25, 0.3) is 0 Å². The Morgan fingerprint density at radius 2 is 2.17 bits per heavy atom. The predicted octanol–water partition coefficient (Wildman–Crippen LogP) is 3.84. The van der Waals surface area contributed by atoms with Gasteiger partial charge in [-0.15, -0.1) is 0 Å². The molecule has 0 amide bonds. The fourth-order valence-electron chi connectivity index (χ4n) is 3.13. The molecule has 0 spiro atoms. The van der Waals surface area contributed by atoms with E-state index in [-0.39, 0.29) is 5.82 Å². The topological polar surface area (TPSA) is 12.0 Å². The first-order valence-corrected chi connectivity index (χ1v) is 7.19. The van der Waals surface area contributed by atoms with Crippen LogP contribution in [-0.2, 0) is 6.42 Å². The van der Waals surface area contributed by atoms with E-state index in [4.69, 9.17) is 0 Å². The summed E-state index contributed by atoms with van der Waals surface area (Å²) in [5, 5.41) is 3.68. The Hall–Kier alpha value is -0.890. The van der Waals surface area contributed by atoms with Crippen LogP contribution in [0.15, 0.2) is 18.2 Å². The Kier molecular flexibility index (Phi) is 4.76. The van der Waals surface area contributed by atoms with Crippen molar-refractivity contribution in [2.75, 3.05) is 6.54 Å². The molecule has 1 saturated carbocycles. The molecule has 0 saturated heterocycles. The third-order valence-corrected chi connectivity index (χ3v) is 4.29. The van der Waals surface area contributed by atoms with Crippen LogP contribution in [0, 0.1) is 18.7 Å². The molecule has 0 aliphatic heterocycles. The number of benzene rings is 1. The average molecular weight is 249 g/mol. The monoisotopic (exact) mass is 249 g/mol. The van der Waals surface area contributed by atoms with Gasteiger partial charge in [-0.1, -0.05) is 25.8 Å². The van der Waals surface area contributed by atoms with E-state index in [1.807, 2.05) is 13.0 Å². The van der Waals surface area contributed by atoms with Crippen molar-refractivity contribution >= 4 is 0 Å². The van der Waals surface area contributed by atoms with E-state index in [9.17, 15) is 4.39 Å². The van der Waals surface area contributed by atoms with Crippen molar-refractivity contribution in [3.8, 4) is 0 Å². The van der Waals surface area contributed by atoms with Crippen LogP contribution in [0.5, 0.6) is 0 Å². The van der Waals surface area contributed by atoms with Gasteiger partial charge >= 0.3 is 0 Å². The highest BCUT2D eigenvalue weighted by molar-refractivity contribution is 5.26. The molecule has 2 unspecified atom stereocenters. The third-order valence-electron chi connectivity index (χ3n) is 4.29. The summed E-state index contributed by atoms with van der Waals surface area (Å²) in [7, 11) is 0. The zero-order valence-corrected chi connectivity index (χ0v) is 11.5. The molecule has 100 valence electrons. The summed E-state index contributed by atoms with van der Waals surface area (Å²) in [6.07, 6.45) is 6.35. The first kappa shape index (κ1) is 13.5. The summed E-state index contributed by atoms with van der Waals surface area (Å²) in [5.41, 5.74) is 2.32. The highest BCUT2D eigenvalue weighted by atomic mass is 19.1. The van der Waals surface area contributed by atoms with E-state index in [0.717, 1.165) is 24.4 Å². The second-order valence-corrected chi connectivity index (χ2v) is 5.48. The molecular weight excluding hydrogens is 225 g/mol. The van der Waals surface area contributed by atoms with E-state index in [0.29, 0.717) is 6.04 Å². The first-order valence-electron chi connectivity index (χ1n) is 7.19. The van der Waals surface area contributed by atoms with Gasteiger partial charge in [0.05, 0.1) is 0 Å². The van der Waals surface area contributed by atoms with Crippen LogP contribution in [0.4, 0.5) is 4.39 Å². The van der Waals surface area contributed by atoms with E-state index < -0.39 is 0 Å². The van der Waals surface area contributed by atoms with Crippen molar-refractivity contribution in [2.24, 2.45) is 5.92 Å². The van der Waals surface area contributed by atoms with Gasteiger partial charge in [-0.2, -0.15) is 0 Å². The number of hydrogen-bond acceptors (Lipinski definition) is 1. The minimum atomic E-state index is -0.133. The van der Waals surface area contributed by atoms with Crippen LogP contribution in [0.2, 0.25) is 0 Å². The molecule has 18 heavy (non-hydrogen) atoms. The van der Waals surface area contributed by atoms with E-state index >= 15 is 0 Å². The summed E-state index contributed by atoms with van der Waals surface area (Å²) in [6.45, 7) is 5.28. The van der Waals surface area contributed by atoms with Crippen molar-refractivity contribution in [3.05, 3.63) is 35.1 Å². The molecular formula is C16H24FN. The highest BCUT2D eigenvalue weighted by Gasteiger charge is 2.24. The molecule has 2 atom stereocenters. The smallest absolute Gasteiger partial charge is 0.123 e. The lowest BCUT2D eigenvalue weighted by molar-refractivity contribution is 0.393. The molecule has 1 aliphatic rings. The van der Waals surface area contributed by atoms with Crippen LogP contribution < -0.4 is 5.32 Å². The van der Waals surface area contributed by atoms with E-state index in [1.165, 1.54) is 31.2 Å². The molecule has 0 bridgehead atoms. The van der Waals surface area contributed by atoms with Gasteiger partial charge in [0.15, 0.2) is 0 Å². The van der Waals surface area contributed by atoms with Gasteiger partial charge in [-0.05, 0) is 61.9 Å². The maximum atomic E-state index is 13.0. The molecule has 1 aliphatic carbocycles. The molecule has 0 aromatic heterocycles. The lowest BCUT2D eigenvalue weighted by atomic mass is 10.00. The normalized spacial score (nSPS) is 23.5. The average Bonchev–Trinajstić information content (AvgIpc) is 2.79. The molecule has 1 nitrogen and oxygen atoms in total. The summed E-state index contributed by atoms with van der Waals surface area (Å²) in [6, 6.07) is 5.81. The first-order chi connectivity index (χ1) is 8.70.